The highest BCUT2D eigenvalue weighted by atomic mass is 32.1. The Balaban J connectivity index is 1.90. The molecule has 0 radical (unpaired) electrons. The van der Waals surface area contributed by atoms with E-state index in [4.69, 9.17) is 10.00 Å². The minimum absolute atomic E-state index is 0.226. The fraction of sp³-hybridized carbons (Fsp3) is 0.143. The summed E-state index contributed by atoms with van der Waals surface area (Å²) in [7, 11) is 0. The van der Waals surface area contributed by atoms with Crippen LogP contribution in [-0.2, 0) is 11.2 Å². The summed E-state index contributed by atoms with van der Waals surface area (Å²) in [4.78, 5) is 29.7. The van der Waals surface area contributed by atoms with Crippen molar-refractivity contribution in [3.05, 3.63) is 70.6 Å². The van der Waals surface area contributed by atoms with Gasteiger partial charge in [0.2, 0.25) is 0 Å². The van der Waals surface area contributed by atoms with Crippen molar-refractivity contribution in [1.82, 2.24) is 4.98 Å². The quantitative estimate of drug-likeness (QED) is 0.632. The first-order valence-electron chi connectivity index (χ1n) is 8.63. The molecule has 0 aliphatic carbocycles. The number of nitriles is 1. The third kappa shape index (κ3) is 4.42. The lowest BCUT2D eigenvalue weighted by Gasteiger charge is -2.03. The van der Waals surface area contributed by atoms with E-state index in [-0.39, 0.29) is 18.9 Å². The van der Waals surface area contributed by atoms with Gasteiger partial charge in [0.15, 0.2) is 5.13 Å². The maximum Gasteiger partial charge on any atom is 0.350 e. The second kappa shape index (κ2) is 8.93. The van der Waals surface area contributed by atoms with Crippen LogP contribution >= 0.6 is 11.3 Å². The molecule has 0 spiro atoms. The number of carbonyl (C=O) groups is 2. The number of esters is 1. The van der Waals surface area contributed by atoms with E-state index in [0.29, 0.717) is 21.3 Å². The molecule has 140 valence electrons. The number of ether oxygens (including phenoxy) is 1. The summed E-state index contributed by atoms with van der Waals surface area (Å²) in [6.45, 7) is 1.98. The Hall–Kier alpha value is -3.50. The maximum atomic E-state index is 12.6. The highest BCUT2D eigenvalue weighted by Gasteiger charge is 2.21. The summed E-state index contributed by atoms with van der Waals surface area (Å²) in [5.74, 6) is -0.834. The summed E-state index contributed by atoms with van der Waals surface area (Å²) in [5.41, 5.74) is 2.41. The Bertz CT molecular complexity index is 1040. The van der Waals surface area contributed by atoms with Crippen molar-refractivity contribution in [2.24, 2.45) is 0 Å². The molecule has 0 saturated carbocycles. The van der Waals surface area contributed by atoms with Crippen LogP contribution in [0.1, 0.15) is 32.5 Å². The van der Waals surface area contributed by atoms with Crippen LogP contribution in [0.3, 0.4) is 0 Å². The predicted molar refractivity (Wildman–Crippen MR) is 107 cm³/mol. The highest BCUT2D eigenvalue weighted by molar-refractivity contribution is 7.18. The van der Waals surface area contributed by atoms with Gasteiger partial charge >= 0.3 is 5.97 Å². The molecular formula is C21H17N3O3S. The average Bonchev–Trinajstić information content (AvgIpc) is 3.13. The number of anilines is 1. The third-order valence-electron chi connectivity index (χ3n) is 3.83. The van der Waals surface area contributed by atoms with Crippen LogP contribution in [0, 0.1) is 11.3 Å². The lowest BCUT2D eigenvalue weighted by Crippen LogP contribution is -2.11. The summed E-state index contributed by atoms with van der Waals surface area (Å²) in [5, 5.41) is 11.9. The molecule has 0 fully saturated rings. The van der Waals surface area contributed by atoms with Gasteiger partial charge < -0.3 is 4.74 Å². The van der Waals surface area contributed by atoms with E-state index < -0.39 is 5.97 Å². The molecule has 6 nitrogen and oxygen atoms in total. The van der Waals surface area contributed by atoms with Crippen molar-refractivity contribution >= 4 is 28.3 Å². The Morgan fingerprint density at radius 1 is 1.18 bits per heavy atom. The van der Waals surface area contributed by atoms with E-state index in [9.17, 15) is 9.59 Å². The van der Waals surface area contributed by atoms with Crippen molar-refractivity contribution in [2.45, 2.75) is 13.3 Å². The van der Waals surface area contributed by atoms with Gasteiger partial charge in [-0.3, -0.25) is 10.1 Å². The second-order valence-electron chi connectivity index (χ2n) is 5.77. The van der Waals surface area contributed by atoms with Crippen LogP contribution in [0.4, 0.5) is 5.13 Å². The smallest absolute Gasteiger partial charge is 0.350 e. The van der Waals surface area contributed by atoms with Crippen molar-refractivity contribution in [3.8, 4) is 17.3 Å². The number of aromatic nitrogens is 1. The lowest BCUT2D eigenvalue weighted by molar-refractivity contribution is 0.0532. The van der Waals surface area contributed by atoms with E-state index in [1.807, 2.05) is 30.3 Å². The number of carbonyl (C=O) groups excluding carboxylic acids is 2. The minimum Gasteiger partial charge on any atom is -0.462 e. The van der Waals surface area contributed by atoms with Gasteiger partial charge in [-0.2, -0.15) is 5.26 Å². The van der Waals surface area contributed by atoms with Crippen molar-refractivity contribution < 1.29 is 14.3 Å². The van der Waals surface area contributed by atoms with Gasteiger partial charge in [0, 0.05) is 11.1 Å². The number of hydrogen-bond donors (Lipinski definition) is 1. The number of nitrogens with zero attached hydrogens (tertiary/aromatic N) is 2. The van der Waals surface area contributed by atoms with Gasteiger partial charge in [0.05, 0.1) is 24.8 Å². The first-order chi connectivity index (χ1) is 13.6. The van der Waals surface area contributed by atoms with Gasteiger partial charge in [0.25, 0.3) is 5.91 Å². The second-order valence-corrected chi connectivity index (χ2v) is 6.77. The number of benzene rings is 2. The van der Waals surface area contributed by atoms with Gasteiger partial charge in [0.1, 0.15) is 4.88 Å². The monoisotopic (exact) mass is 391 g/mol. The SMILES string of the molecule is CCOC(=O)c1sc(NC(=O)c2cccc(CC#N)c2)nc1-c1ccccc1. The van der Waals surface area contributed by atoms with E-state index >= 15 is 0 Å². The first-order valence-corrected chi connectivity index (χ1v) is 9.44. The fourth-order valence-electron chi connectivity index (χ4n) is 2.58. The molecular weight excluding hydrogens is 374 g/mol. The molecule has 1 amide bonds. The first kappa shape index (κ1) is 19.3. The van der Waals surface area contributed by atoms with Crippen LogP contribution in [0.2, 0.25) is 0 Å². The van der Waals surface area contributed by atoms with Crippen molar-refractivity contribution in [3.63, 3.8) is 0 Å². The van der Waals surface area contributed by atoms with Crippen LogP contribution in [0.15, 0.2) is 54.6 Å². The number of rotatable bonds is 6. The van der Waals surface area contributed by atoms with Crippen molar-refractivity contribution in [2.75, 3.05) is 11.9 Å². The number of thiazole rings is 1. The highest BCUT2D eigenvalue weighted by Crippen LogP contribution is 2.32. The zero-order chi connectivity index (χ0) is 19.9. The summed E-state index contributed by atoms with van der Waals surface area (Å²) in [6, 6.07) is 18.2. The summed E-state index contributed by atoms with van der Waals surface area (Å²) < 4.78 is 5.12. The molecule has 0 bridgehead atoms. The largest absolute Gasteiger partial charge is 0.462 e. The molecule has 0 atom stereocenters. The van der Waals surface area contributed by atoms with Gasteiger partial charge in [-0.1, -0.05) is 53.8 Å². The topological polar surface area (TPSA) is 92.1 Å². The van der Waals surface area contributed by atoms with Crippen LogP contribution in [0.25, 0.3) is 11.3 Å². The van der Waals surface area contributed by atoms with E-state index in [2.05, 4.69) is 16.4 Å². The molecule has 3 aromatic rings. The van der Waals surface area contributed by atoms with E-state index in [1.54, 1.807) is 31.2 Å². The molecule has 0 unspecified atom stereocenters. The molecule has 3 rings (SSSR count). The molecule has 1 aromatic heterocycles. The zero-order valence-electron chi connectivity index (χ0n) is 15.1. The minimum atomic E-state index is -0.477. The molecule has 2 aromatic carbocycles. The van der Waals surface area contributed by atoms with Crippen molar-refractivity contribution in [1.29, 1.82) is 5.26 Å². The predicted octanol–water partition coefficient (Wildman–Crippen LogP) is 4.31. The molecule has 0 aliphatic rings. The fourth-order valence-corrected chi connectivity index (χ4v) is 3.46. The van der Waals surface area contributed by atoms with Gasteiger partial charge in [-0.05, 0) is 24.6 Å². The maximum absolute atomic E-state index is 12.6. The van der Waals surface area contributed by atoms with E-state index in [0.717, 1.165) is 22.5 Å². The Labute approximate surface area is 166 Å². The molecule has 0 aliphatic heterocycles. The Morgan fingerprint density at radius 2 is 1.96 bits per heavy atom. The lowest BCUT2D eigenvalue weighted by atomic mass is 10.1. The molecule has 1 N–H and O–H groups in total. The molecule has 28 heavy (non-hydrogen) atoms. The summed E-state index contributed by atoms with van der Waals surface area (Å²) >= 11 is 1.07. The average molecular weight is 391 g/mol. The van der Waals surface area contributed by atoms with E-state index in [1.165, 1.54) is 0 Å². The van der Waals surface area contributed by atoms with Gasteiger partial charge in [-0.15, -0.1) is 0 Å². The third-order valence-corrected chi connectivity index (χ3v) is 4.78. The molecule has 7 heteroatoms. The molecule has 0 saturated heterocycles. The normalized spacial score (nSPS) is 10.1. The van der Waals surface area contributed by atoms with Crippen LogP contribution in [0.5, 0.6) is 0 Å². The summed E-state index contributed by atoms with van der Waals surface area (Å²) in [6.07, 6.45) is 0.226. The van der Waals surface area contributed by atoms with Gasteiger partial charge in [-0.25, -0.2) is 9.78 Å². The Morgan fingerprint density at radius 3 is 2.68 bits per heavy atom. The standard InChI is InChI=1S/C21H17N3O3S/c1-2-27-20(26)18-17(15-8-4-3-5-9-15)23-21(28-18)24-19(25)16-10-6-7-14(13-16)11-12-22/h3-10,13H,2,11H2,1H3,(H,23,24,25). The Kier molecular flexibility index (Phi) is 6.14. The van der Waals surface area contributed by atoms with Crippen LogP contribution in [-0.4, -0.2) is 23.5 Å². The van der Waals surface area contributed by atoms with Crippen LogP contribution < -0.4 is 5.32 Å². The molecule has 1 heterocycles. The number of hydrogen-bond acceptors (Lipinski definition) is 6. The zero-order valence-corrected chi connectivity index (χ0v) is 16.0. The number of amides is 1. The number of nitrogens with one attached hydrogen (secondary N) is 1.